The summed E-state index contributed by atoms with van der Waals surface area (Å²) in [6.07, 6.45) is 2.59. The molecule has 2 aromatic carbocycles. The van der Waals surface area contributed by atoms with Crippen LogP contribution in [-0.4, -0.2) is 22.3 Å². The molecule has 1 amide bonds. The van der Waals surface area contributed by atoms with Crippen molar-refractivity contribution in [2.24, 2.45) is 5.10 Å². The predicted molar refractivity (Wildman–Crippen MR) is 99.9 cm³/mol. The SMILES string of the molecule is CCc1ccc(C=NNC(=O)c2cc(-c3ccc(Cl)cc3)n[nH]2)cc1. The molecule has 0 atom stereocenters. The maximum atomic E-state index is 12.1. The third kappa shape index (κ3) is 4.33. The summed E-state index contributed by atoms with van der Waals surface area (Å²) in [6.45, 7) is 2.10. The van der Waals surface area contributed by atoms with E-state index in [9.17, 15) is 4.79 Å². The Bertz CT molecular complexity index is 883. The molecule has 0 radical (unpaired) electrons. The number of aryl methyl sites for hydroxylation is 1. The van der Waals surface area contributed by atoms with Crippen molar-refractivity contribution >= 4 is 23.7 Å². The van der Waals surface area contributed by atoms with Gasteiger partial charge in [0.1, 0.15) is 5.69 Å². The number of nitrogens with zero attached hydrogens (tertiary/aromatic N) is 2. The van der Waals surface area contributed by atoms with Gasteiger partial charge < -0.3 is 0 Å². The minimum Gasteiger partial charge on any atom is -0.272 e. The first-order valence-electron chi connectivity index (χ1n) is 7.89. The van der Waals surface area contributed by atoms with Crippen molar-refractivity contribution in [2.45, 2.75) is 13.3 Å². The van der Waals surface area contributed by atoms with E-state index < -0.39 is 0 Å². The number of hydrazone groups is 1. The molecule has 0 aliphatic carbocycles. The molecular formula is C19H17ClN4O. The number of nitrogens with one attached hydrogen (secondary N) is 2. The summed E-state index contributed by atoms with van der Waals surface area (Å²) in [5, 5.41) is 11.5. The molecule has 1 aromatic heterocycles. The van der Waals surface area contributed by atoms with Crippen molar-refractivity contribution in [1.29, 1.82) is 0 Å². The van der Waals surface area contributed by atoms with Gasteiger partial charge in [-0.25, -0.2) is 5.43 Å². The average molecular weight is 353 g/mol. The van der Waals surface area contributed by atoms with E-state index in [2.05, 4.69) is 27.6 Å². The number of rotatable bonds is 5. The Hall–Kier alpha value is -2.92. The van der Waals surface area contributed by atoms with Crippen LogP contribution >= 0.6 is 11.6 Å². The summed E-state index contributed by atoms with van der Waals surface area (Å²) >= 11 is 5.87. The topological polar surface area (TPSA) is 70.1 Å². The summed E-state index contributed by atoms with van der Waals surface area (Å²) < 4.78 is 0. The van der Waals surface area contributed by atoms with Crippen LogP contribution in [-0.2, 0) is 6.42 Å². The van der Waals surface area contributed by atoms with E-state index in [1.54, 1.807) is 24.4 Å². The van der Waals surface area contributed by atoms with Crippen LogP contribution in [0.15, 0.2) is 59.7 Å². The zero-order valence-electron chi connectivity index (χ0n) is 13.7. The lowest BCUT2D eigenvalue weighted by atomic mass is 10.1. The van der Waals surface area contributed by atoms with E-state index in [0.717, 1.165) is 17.5 Å². The molecule has 3 aromatic rings. The zero-order valence-corrected chi connectivity index (χ0v) is 14.4. The number of carbonyl (C=O) groups excluding carboxylic acids is 1. The van der Waals surface area contributed by atoms with Gasteiger partial charge in [0.15, 0.2) is 0 Å². The van der Waals surface area contributed by atoms with Crippen molar-refractivity contribution in [1.82, 2.24) is 15.6 Å². The first-order chi connectivity index (χ1) is 12.2. The number of aromatic nitrogens is 2. The number of halogens is 1. The third-order valence-corrected chi connectivity index (χ3v) is 3.98. The number of benzene rings is 2. The normalized spacial score (nSPS) is 11.0. The highest BCUT2D eigenvalue weighted by molar-refractivity contribution is 6.30. The lowest BCUT2D eigenvalue weighted by Gasteiger charge is -1.98. The minimum absolute atomic E-state index is 0.337. The lowest BCUT2D eigenvalue weighted by molar-refractivity contribution is 0.0950. The van der Waals surface area contributed by atoms with Gasteiger partial charge in [0.25, 0.3) is 5.91 Å². The summed E-state index contributed by atoms with van der Waals surface area (Å²) in [4.78, 5) is 12.1. The van der Waals surface area contributed by atoms with Crippen LogP contribution in [0.1, 0.15) is 28.5 Å². The van der Waals surface area contributed by atoms with Gasteiger partial charge in [-0.1, -0.05) is 54.9 Å². The molecule has 6 heteroatoms. The third-order valence-electron chi connectivity index (χ3n) is 3.73. The molecule has 0 saturated carbocycles. The van der Waals surface area contributed by atoms with E-state index in [1.807, 2.05) is 36.4 Å². The first-order valence-corrected chi connectivity index (χ1v) is 8.27. The fourth-order valence-electron chi connectivity index (χ4n) is 2.27. The molecule has 2 N–H and O–H groups in total. The van der Waals surface area contributed by atoms with Crippen LogP contribution in [0.4, 0.5) is 0 Å². The molecule has 5 nitrogen and oxygen atoms in total. The molecular weight excluding hydrogens is 336 g/mol. The van der Waals surface area contributed by atoms with Crippen LogP contribution in [0.3, 0.4) is 0 Å². The first kappa shape index (κ1) is 16.9. The molecule has 25 heavy (non-hydrogen) atoms. The van der Waals surface area contributed by atoms with E-state index in [-0.39, 0.29) is 5.91 Å². The number of hydrogen-bond donors (Lipinski definition) is 2. The maximum absolute atomic E-state index is 12.1. The zero-order chi connectivity index (χ0) is 17.6. The Morgan fingerprint density at radius 2 is 1.92 bits per heavy atom. The molecule has 0 aliphatic rings. The van der Waals surface area contributed by atoms with E-state index in [0.29, 0.717) is 16.4 Å². The van der Waals surface area contributed by atoms with Crippen molar-refractivity contribution in [3.05, 3.63) is 76.4 Å². The molecule has 126 valence electrons. The second-order valence-electron chi connectivity index (χ2n) is 5.47. The smallest absolute Gasteiger partial charge is 0.272 e. The number of amides is 1. The fourth-order valence-corrected chi connectivity index (χ4v) is 2.40. The van der Waals surface area contributed by atoms with Gasteiger partial charge in [-0.15, -0.1) is 0 Å². The van der Waals surface area contributed by atoms with E-state index >= 15 is 0 Å². The van der Waals surface area contributed by atoms with Gasteiger partial charge in [-0.3, -0.25) is 9.89 Å². The van der Waals surface area contributed by atoms with Gasteiger partial charge in [-0.2, -0.15) is 10.2 Å². The predicted octanol–water partition coefficient (Wildman–Crippen LogP) is 4.06. The highest BCUT2D eigenvalue weighted by Gasteiger charge is 2.10. The van der Waals surface area contributed by atoms with Crippen molar-refractivity contribution in [3.63, 3.8) is 0 Å². The molecule has 0 spiro atoms. The Morgan fingerprint density at radius 1 is 1.20 bits per heavy atom. The summed E-state index contributed by atoms with van der Waals surface area (Å²) in [5.41, 5.74) is 6.54. The van der Waals surface area contributed by atoms with E-state index in [4.69, 9.17) is 11.6 Å². The number of aromatic amines is 1. The van der Waals surface area contributed by atoms with Gasteiger partial charge >= 0.3 is 0 Å². The van der Waals surface area contributed by atoms with Crippen LogP contribution in [0, 0.1) is 0 Å². The maximum Gasteiger partial charge on any atom is 0.289 e. The van der Waals surface area contributed by atoms with Gasteiger partial charge in [-0.05, 0) is 35.7 Å². The minimum atomic E-state index is -0.353. The van der Waals surface area contributed by atoms with Crippen LogP contribution in [0.25, 0.3) is 11.3 Å². The molecule has 1 heterocycles. The molecule has 0 fully saturated rings. The van der Waals surface area contributed by atoms with Gasteiger partial charge in [0.05, 0.1) is 11.9 Å². The van der Waals surface area contributed by atoms with Gasteiger partial charge in [0, 0.05) is 10.6 Å². The molecule has 0 bridgehead atoms. The monoisotopic (exact) mass is 352 g/mol. The van der Waals surface area contributed by atoms with E-state index in [1.165, 1.54) is 5.56 Å². The van der Waals surface area contributed by atoms with Crippen molar-refractivity contribution in [3.8, 4) is 11.3 Å². The summed E-state index contributed by atoms with van der Waals surface area (Å²) in [7, 11) is 0. The Morgan fingerprint density at radius 3 is 2.60 bits per heavy atom. The lowest BCUT2D eigenvalue weighted by Crippen LogP contribution is -2.17. The molecule has 3 rings (SSSR count). The Labute approximate surface area is 150 Å². The average Bonchev–Trinajstić information content (AvgIpc) is 3.13. The molecule has 0 aliphatic heterocycles. The molecule has 0 saturated heterocycles. The standard InChI is InChI=1S/C19H17ClN4O/c1-2-13-3-5-14(6-4-13)12-21-24-19(25)18-11-17(22-23-18)15-7-9-16(20)10-8-15/h3-12H,2H2,1H3,(H,22,23)(H,24,25). The quantitative estimate of drug-likeness (QED) is 0.537. The molecule has 0 unspecified atom stereocenters. The fraction of sp³-hybridized carbons (Fsp3) is 0.105. The van der Waals surface area contributed by atoms with Gasteiger partial charge in [0.2, 0.25) is 0 Å². The largest absolute Gasteiger partial charge is 0.289 e. The number of carbonyl (C=O) groups is 1. The highest BCUT2D eigenvalue weighted by atomic mass is 35.5. The number of H-pyrrole nitrogens is 1. The second kappa shape index (κ2) is 7.77. The van der Waals surface area contributed by atoms with Crippen LogP contribution in [0.2, 0.25) is 5.02 Å². The van der Waals surface area contributed by atoms with Crippen molar-refractivity contribution < 1.29 is 4.79 Å². The second-order valence-corrected chi connectivity index (χ2v) is 5.90. The Kier molecular flexibility index (Phi) is 5.26. The van der Waals surface area contributed by atoms with Crippen LogP contribution < -0.4 is 5.43 Å². The van der Waals surface area contributed by atoms with Crippen molar-refractivity contribution in [2.75, 3.05) is 0 Å². The highest BCUT2D eigenvalue weighted by Crippen LogP contribution is 2.20. The summed E-state index contributed by atoms with van der Waals surface area (Å²) in [5.74, 6) is -0.353. The van der Waals surface area contributed by atoms with Crippen LogP contribution in [0.5, 0.6) is 0 Å². The number of hydrogen-bond acceptors (Lipinski definition) is 3. The summed E-state index contributed by atoms with van der Waals surface area (Å²) in [6, 6.07) is 16.9. The Balaban J connectivity index is 1.63.